The Hall–Kier alpha value is -3.13. The average Bonchev–Trinajstić information content (AvgIpc) is 2.72. The first-order valence-corrected chi connectivity index (χ1v) is 9.35. The smallest absolute Gasteiger partial charge is 0.278 e. The summed E-state index contributed by atoms with van der Waals surface area (Å²) >= 11 is 0. The molecule has 0 spiro atoms. The maximum atomic E-state index is 13.8. The van der Waals surface area contributed by atoms with Crippen LogP contribution in [0.4, 0.5) is 8.78 Å². The van der Waals surface area contributed by atoms with E-state index in [0.717, 1.165) is 6.07 Å². The summed E-state index contributed by atoms with van der Waals surface area (Å²) in [6.45, 7) is 2.38. The number of aromatic nitrogens is 2. The number of benzene rings is 2. The molecule has 1 amide bonds. The largest absolute Gasteiger partial charge is 0.335 e. The highest BCUT2D eigenvalue weighted by molar-refractivity contribution is 5.95. The standard InChI is InChI=1S/C21H20F2N4O2/c1-25-18-7-6-15(22)12-16(18)20(28)19(24-25)21(29)27-10-8-26(9-11-27)13-14-4-2-3-5-17(14)23/h2-7,12H,8-11,13H2,1H3. The van der Waals surface area contributed by atoms with Gasteiger partial charge in [-0.1, -0.05) is 18.2 Å². The minimum atomic E-state index is -0.573. The van der Waals surface area contributed by atoms with E-state index in [1.54, 1.807) is 30.1 Å². The average molecular weight is 398 g/mol. The van der Waals surface area contributed by atoms with Gasteiger partial charge in [-0.25, -0.2) is 8.78 Å². The molecule has 1 aliphatic rings. The molecule has 0 bridgehead atoms. The molecule has 1 aromatic heterocycles. The fourth-order valence-corrected chi connectivity index (χ4v) is 3.62. The number of rotatable bonds is 3. The molecular formula is C21H20F2N4O2. The molecule has 0 aliphatic carbocycles. The molecule has 1 saturated heterocycles. The van der Waals surface area contributed by atoms with Crippen molar-refractivity contribution < 1.29 is 13.6 Å². The van der Waals surface area contributed by atoms with E-state index in [4.69, 9.17) is 0 Å². The van der Waals surface area contributed by atoms with Crippen LogP contribution in [0.2, 0.25) is 0 Å². The first kappa shape index (κ1) is 19.2. The van der Waals surface area contributed by atoms with Crippen molar-refractivity contribution in [2.24, 2.45) is 7.05 Å². The zero-order chi connectivity index (χ0) is 20.5. The number of halogens is 2. The molecule has 3 aromatic rings. The summed E-state index contributed by atoms with van der Waals surface area (Å²) in [6, 6.07) is 10.5. The third-order valence-electron chi connectivity index (χ3n) is 5.23. The number of aryl methyl sites for hydroxylation is 1. The third-order valence-corrected chi connectivity index (χ3v) is 5.23. The van der Waals surface area contributed by atoms with E-state index in [-0.39, 0.29) is 16.9 Å². The van der Waals surface area contributed by atoms with Crippen LogP contribution in [0.15, 0.2) is 47.3 Å². The molecule has 0 N–H and O–H groups in total. The van der Waals surface area contributed by atoms with Crippen LogP contribution in [0.25, 0.3) is 10.9 Å². The molecule has 0 saturated carbocycles. The number of piperazine rings is 1. The molecule has 2 heterocycles. The summed E-state index contributed by atoms with van der Waals surface area (Å²) in [4.78, 5) is 29.2. The zero-order valence-electron chi connectivity index (χ0n) is 15.9. The molecule has 6 nitrogen and oxygen atoms in total. The molecule has 0 atom stereocenters. The lowest BCUT2D eigenvalue weighted by Gasteiger charge is -2.34. The first-order valence-electron chi connectivity index (χ1n) is 9.35. The molecule has 8 heteroatoms. The van der Waals surface area contributed by atoms with E-state index < -0.39 is 17.2 Å². The minimum Gasteiger partial charge on any atom is -0.335 e. The Labute approximate surface area is 166 Å². The highest BCUT2D eigenvalue weighted by Crippen LogP contribution is 2.15. The topological polar surface area (TPSA) is 58.4 Å². The van der Waals surface area contributed by atoms with Gasteiger partial charge in [0.25, 0.3) is 5.91 Å². The predicted molar refractivity (Wildman–Crippen MR) is 105 cm³/mol. The van der Waals surface area contributed by atoms with Gasteiger partial charge in [-0.15, -0.1) is 0 Å². The molecule has 2 aromatic carbocycles. The number of hydrogen-bond acceptors (Lipinski definition) is 4. The quantitative estimate of drug-likeness (QED) is 0.679. The lowest BCUT2D eigenvalue weighted by molar-refractivity contribution is 0.0618. The molecule has 150 valence electrons. The van der Waals surface area contributed by atoms with E-state index >= 15 is 0 Å². The Morgan fingerprint density at radius 1 is 1.07 bits per heavy atom. The summed E-state index contributed by atoms with van der Waals surface area (Å²) in [5, 5.41) is 4.26. The molecule has 1 aliphatic heterocycles. The summed E-state index contributed by atoms with van der Waals surface area (Å²) in [5.74, 6) is -1.26. The van der Waals surface area contributed by atoms with Crippen molar-refractivity contribution in [3.05, 3.63) is 75.6 Å². The van der Waals surface area contributed by atoms with Crippen LogP contribution in [0.1, 0.15) is 16.1 Å². The van der Waals surface area contributed by atoms with Gasteiger partial charge in [-0.05, 0) is 24.3 Å². The van der Waals surface area contributed by atoms with Crippen molar-refractivity contribution in [3.8, 4) is 0 Å². The molecule has 0 unspecified atom stereocenters. The van der Waals surface area contributed by atoms with Crippen molar-refractivity contribution in [1.29, 1.82) is 0 Å². The van der Waals surface area contributed by atoms with Crippen molar-refractivity contribution in [2.45, 2.75) is 6.54 Å². The Kier molecular flexibility index (Phi) is 5.10. The summed E-state index contributed by atoms with van der Waals surface area (Å²) in [6.07, 6.45) is 0. The molecule has 1 fully saturated rings. The maximum absolute atomic E-state index is 13.8. The monoisotopic (exact) mass is 398 g/mol. The van der Waals surface area contributed by atoms with Gasteiger partial charge in [0, 0.05) is 45.3 Å². The van der Waals surface area contributed by atoms with Crippen molar-refractivity contribution >= 4 is 16.8 Å². The second-order valence-electron chi connectivity index (χ2n) is 7.12. The predicted octanol–water partition coefficient (Wildman–Crippen LogP) is 2.17. The number of nitrogens with zero attached hydrogens (tertiary/aromatic N) is 4. The highest BCUT2D eigenvalue weighted by atomic mass is 19.1. The van der Waals surface area contributed by atoms with E-state index in [2.05, 4.69) is 10.00 Å². The number of fused-ring (bicyclic) bond motifs is 1. The Bertz CT molecular complexity index is 1140. The molecule has 29 heavy (non-hydrogen) atoms. The second kappa shape index (κ2) is 7.71. The van der Waals surface area contributed by atoms with Gasteiger partial charge >= 0.3 is 0 Å². The fraction of sp³-hybridized carbons (Fsp3) is 0.286. The van der Waals surface area contributed by atoms with Crippen molar-refractivity contribution in [2.75, 3.05) is 26.2 Å². The summed E-state index contributed by atoms with van der Waals surface area (Å²) < 4.78 is 28.9. The Balaban J connectivity index is 1.51. The SMILES string of the molecule is Cn1nc(C(=O)N2CCN(Cc3ccccc3F)CC2)c(=O)c2cc(F)ccc21. The van der Waals surface area contributed by atoms with Crippen molar-refractivity contribution in [3.63, 3.8) is 0 Å². The molecule has 4 rings (SSSR count). The number of carbonyl (C=O) groups is 1. The van der Waals surface area contributed by atoms with E-state index in [0.29, 0.717) is 43.8 Å². The zero-order valence-corrected chi connectivity index (χ0v) is 15.9. The van der Waals surface area contributed by atoms with Crippen LogP contribution in [-0.2, 0) is 13.6 Å². The highest BCUT2D eigenvalue weighted by Gasteiger charge is 2.26. The fourth-order valence-electron chi connectivity index (χ4n) is 3.62. The first-order chi connectivity index (χ1) is 13.9. The number of amides is 1. The van der Waals surface area contributed by atoms with E-state index in [1.165, 1.54) is 22.9 Å². The minimum absolute atomic E-state index is 0.129. The van der Waals surface area contributed by atoms with Crippen LogP contribution in [0.3, 0.4) is 0 Å². The second-order valence-corrected chi connectivity index (χ2v) is 7.12. The van der Waals surface area contributed by atoms with Crippen LogP contribution in [0, 0.1) is 11.6 Å². The van der Waals surface area contributed by atoms with Crippen molar-refractivity contribution in [1.82, 2.24) is 19.6 Å². The van der Waals surface area contributed by atoms with E-state index in [1.807, 2.05) is 0 Å². The normalized spacial score (nSPS) is 15.1. The Morgan fingerprint density at radius 3 is 2.52 bits per heavy atom. The molecule has 0 radical (unpaired) electrons. The summed E-state index contributed by atoms with van der Waals surface area (Å²) in [7, 11) is 1.61. The maximum Gasteiger partial charge on any atom is 0.278 e. The van der Waals surface area contributed by atoms with Gasteiger partial charge in [-0.3, -0.25) is 19.2 Å². The van der Waals surface area contributed by atoms with E-state index in [9.17, 15) is 18.4 Å². The molecular weight excluding hydrogens is 378 g/mol. The van der Waals surface area contributed by atoms with Crippen LogP contribution >= 0.6 is 0 Å². The van der Waals surface area contributed by atoms with Gasteiger partial charge < -0.3 is 4.90 Å². The van der Waals surface area contributed by atoms with Gasteiger partial charge in [0.2, 0.25) is 5.43 Å². The third kappa shape index (κ3) is 3.75. The van der Waals surface area contributed by atoms with Gasteiger partial charge in [0.15, 0.2) is 5.69 Å². The Morgan fingerprint density at radius 2 is 1.79 bits per heavy atom. The number of carbonyl (C=O) groups excluding carboxylic acids is 1. The lowest BCUT2D eigenvalue weighted by atomic mass is 10.1. The summed E-state index contributed by atoms with van der Waals surface area (Å²) in [5.41, 5.74) is 0.284. The van der Waals surface area contributed by atoms with Gasteiger partial charge in [0.1, 0.15) is 11.6 Å². The van der Waals surface area contributed by atoms with Crippen LogP contribution in [0.5, 0.6) is 0 Å². The van der Waals surface area contributed by atoms with Gasteiger partial charge in [-0.2, -0.15) is 5.10 Å². The van der Waals surface area contributed by atoms with Crippen LogP contribution < -0.4 is 5.43 Å². The lowest BCUT2D eigenvalue weighted by Crippen LogP contribution is -2.49. The van der Waals surface area contributed by atoms with Gasteiger partial charge in [0.05, 0.1) is 10.9 Å². The van der Waals surface area contributed by atoms with Crippen LogP contribution in [-0.4, -0.2) is 51.7 Å². The number of hydrogen-bond donors (Lipinski definition) is 0.